The van der Waals surface area contributed by atoms with E-state index in [1.807, 2.05) is 28.6 Å². The fourth-order valence-corrected chi connectivity index (χ4v) is 3.64. The zero-order valence-corrected chi connectivity index (χ0v) is 15.0. The molecule has 1 saturated heterocycles. The first kappa shape index (κ1) is 16.7. The third-order valence-electron chi connectivity index (χ3n) is 5.06. The van der Waals surface area contributed by atoms with E-state index in [1.54, 1.807) is 18.7 Å². The molecule has 1 fully saturated rings. The van der Waals surface area contributed by atoms with E-state index in [0.29, 0.717) is 5.82 Å². The number of aromatic nitrogens is 4. The molecule has 6 nitrogen and oxygen atoms in total. The fourth-order valence-electron chi connectivity index (χ4n) is 3.64. The van der Waals surface area contributed by atoms with E-state index >= 15 is 0 Å². The van der Waals surface area contributed by atoms with Gasteiger partial charge in [0.15, 0.2) is 5.82 Å². The summed E-state index contributed by atoms with van der Waals surface area (Å²) in [5.74, 6) is 0.772. The minimum Gasteiger partial charge on any atom is -0.332 e. The molecule has 0 amide bonds. The molecule has 1 aliphatic heterocycles. The normalized spacial score (nSPS) is 18.1. The van der Waals surface area contributed by atoms with Gasteiger partial charge in [0.2, 0.25) is 5.78 Å². The maximum absolute atomic E-state index is 12.7. The topological polar surface area (TPSA) is 56.0 Å². The van der Waals surface area contributed by atoms with Crippen molar-refractivity contribution >= 4 is 5.78 Å². The third-order valence-corrected chi connectivity index (χ3v) is 5.06. The summed E-state index contributed by atoms with van der Waals surface area (Å²) >= 11 is 0. The monoisotopic (exact) mass is 349 g/mol. The Morgan fingerprint density at radius 1 is 1.19 bits per heavy atom. The first-order chi connectivity index (χ1) is 12.7. The summed E-state index contributed by atoms with van der Waals surface area (Å²) in [5, 5.41) is 0. The lowest BCUT2D eigenvalue weighted by molar-refractivity contribution is 0.0797. The number of carbonyl (C=O) groups is 1. The molecule has 0 radical (unpaired) electrons. The molecule has 1 aliphatic rings. The number of aryl methyl sites for hydroxylation is 1. The molecule has 0 unspecified atom stereocenters. The summed E-state index contributed by atoms with van der Waals surface area (Å²) < 4.78 is 3.81. The highest BCUT2D eigenvalue weighted by Gasteiger charge is 2.28. The van der Waals surface area contributed by atoms with Crippen LogP contribution in [0.4, 0.5) is 0 Å². The van der Waals surface area contributed by atoms with Crippen LogP contribution in [0.15, 0.2) is 55.4 Å². The van der Waals surface area contributed by atoms with Gasteiger partial charge in [-0.3, -0.25) is 9.69 Å². The quantitative estimate of drug-likeness (QED) is 0.665. The second-order valence-corrected chi connectivity index (χ2v) is 6.94. The lowest BCUT2D eigenvalue weighted by Crippen LogP contribution is -2.38. The number of ketones is 1. The highest BCUT2D eigenvalue weighted by molar-refractivity contribution is 5.94. The summed E-state index contributed by atoms with van der Waals surface area (Å²) in [6.07, 6.45) is 11.0. The van der Waals surface area contributed by atoms with Gasteiger partial charge in [-0.05, 0) is 37.1 Å². The Balaban J connectivity index is 1.40. The van der Waals surface area contributed by atoms with Gasteiger partial charge >= 0.3 is 0 Å². The molecule has 4 rings (SSSR count). The molecule has 1 aromatic carbocycles. The molecule has 3 aromatic rings. The molecule has 134 valence electrons. The van der Waals surface area contributed by atoms with Crippen LogP contribution in [0.3, 0.4) is 0 Å². The lowest BCUT2D eigenvalue weighted by Gasteiger charge is -2.31. The largest absolute Gasteiger partial charge is 0.332 e. The molecule has 3 heterocycles. The number of hydrogen-bond acceptors (Lipinski definition) is 4. The van der Waals surface area contributed by atoms with Crippen molar-refractivity contribution in [3.05, 3.63) is 66.8 Å². The van der Waals surface area contributed by atoms with Gasteiger partial charge in [-0.1, -0.05) is 12.1 Å². The molecule has 0 saturated carbocycles. The first-order valence-electron chi connectivity index (χ1n) is 9.02. The van der Waals surface area contributed by atoms with E-state index in [0.717, 1.165) is 38.2 Å². The average molecular weight is 349 g/mol. The zero-order chi connectivity index (χ0) is 17.9. The number of carbonyl (C=O) groups excluding carboxylic acids is 1. The van der Waals surface area contributed by atoms with Gasteiger partial charge in [0.25, 0.3) is 0 Å². The minimum atomic E-state index is 0.0371. The number of Topliss-reactive ketones (excluding diaryl/α,β-unsaturated/α-hetero) is 1. The SMILES string of the molecule is Cn1ccnc1C(=O)[C@H]1CCCN(Cc2ccc(-n3ccnc3)cc2)C1. The highest BCUT2D eigenvalue weighted by Crippen LogP contribution is 2.22. The predicted octanol–water partition coefficient (Wildman–Crippen LogP) is 2.70. The summed E-state index contributed by atoms with van der Waals surface area (Å²) in [7, 11) is 1.88. The van der Waals surface area contributed by atoms with Crippen LogP contribution >= 0.6 is 0 Å². The third kappa shape index (κ3) is 3.46. The van der Waals surface area contributed by atoms with Gasteiger partial charge in [0, 0.05) is 56.5 Å². The standard InChI is InChI=1S/C20H23N5O/c1-23-11-9-22-20(23)19(26)17-3-2-10-24(14-17)13-16-4-6-18(7-5-16)25-12-8-21-15-25/h4-9,11-12,15,17H,2-3,10,13-14H2,1H3/t17-/m0/s1. The number of nitrogens with zero attached hydrogens (tertiary/aromatic N) is 5. The number of imidazole rings is 2. The number of likely N-dealkylation sites (tertiary alicyclic amines) is 1. The van der Waals surface area contributed by atoms with E-state index in [1.165, 1.54) is 5.56 Å². The van der Waals surface area contributed by atoms with Crippen molar-refractivity contribution in [3.8, 4) is 5.69 Å². The van der Waals surface area contributed by atoms with E-state index in [9.17, 15) is 4.79 Å². The Morgan fingerprint density at radius 2 is 2.04 bits per heavy atom. The van der Waals surface area contributed by atoms with Crippen molar-refractivity contribution in [2.24, 2.45) is 13.0 Å². The van der Waals surface area contributed by atoms with Crippen LogP contribution in [0.5, 0.6) is 0 Å². The van der Waals surface area contributed by atoms with E-state index < -0.39 is 0 Å². The maximum Gasteiger partial charge on any atom is 0.202 e. The van der Waals surface area contributed by atoms with Gasteiger partial charge < -0.3 is 9.13 Å². The van der Waals surface area contributed by atoms with Gasteiger partial charge in [-0.2, -0.15) is 0 Å². The van der Waals surface area contributed by atoms with Gasteiger partial charge in [0.05, 0.1) is 6.33 Å². The molecule has 6 heteroatoms. The molecule has 26 heavy (non-hydrogen) atoms. The fraction of sp³-hybridized carbons (Fsp3) is 0.350. The zero-order valence-electron chi connectivity index (χ0n) is 15.0. The summed E-state index contributed by atoms with van der Waals surface area (Å²) in [4.78, 5) is 23.4. The Kier molecular flexibility index (Phi) is 4.67. The molecule has 0 N–H and O–H groups in total. The van der Waals surface area contributed by atoms with Crippen LogP contribution in [0.2, 0.25) is 0 Å². The Labute approximate surface area is 153 Å². The van der Waals surface area contributed by atoms with Crippen molar-refractivity contribution in [1.29, 1.82) is 0 Å². The number of hydrogen-bond donors (Lipinski definition) is 0. The van der Waals surface area contributed by atoms with Gasteiger partial charge in [-0.25, -0.2) is 9.97 Å². The van der Waals surface area contributed by atoms with Crippen molar-refractivity contribution in [1.82, 2.24) is 24.0 Å². The second kappa shape index (κ2) is 7.25. The number of rotatable bonds is 5. The predicted molar refractivity (Wildman–Crippen MR) is 99.1 cm³/mol. The van der Waals surface area contributed by atoms with Crippen LogP contribution in [0.25, 0.3) is 5.69 Å². The van der Waals surface area contributed by atoms with E-state index in [-0.39, 0.29) is 11.7 Å². The molecule has 0 spiro atoms. The van der Waals surface area contributed by atoms with Crippen LogP contribution in [-0.4, -0.2) is 42.9 Å². The molecule has 1 atom stereocenters. The first-order valence-corrected chi connectivity index (χ1v) is 9.02. The van der Waals surface area contributed by atoms with Crippen LogP contribution in [0.1, 0.15) is 29.0 Å². The Bertz CT molecular complexity index is 866. The number of benzene rings is 1. The van der Waals surface area contributed by atoms with Crippen molar-refractivity contribution in [2.75, 3.05) is 13.1 Å². The van der Waals surface area contributed by atoms with E-state index in [4.69, 9.17) is 0 Å². The highest BCUT2D eigenvalue weighted by atomic mass is 16.1. The smallest absolute Gasteiger partial charge is 0.202 e. The van der Waals surface area contributed by atoms with Crippen molar-refractivity contribution in [3.63, 3.8) is 0 Å². The molecule has 2 aromatic heterocycles. The Morgan fingerprint density at radius 3 is 2.73 bits per heavy atom. The van der Waals surface area contributed by atoms with Crippen molar-refractivity contribution in [2.45, 2.75) is 19.4 Å². The van der Waals surface area contributed by atoms with Crippen LogP contribution in [-0.2, 0) is 13.6 Å². The van der Waals surface area contributed by atoms with Crippen LogP contribution < -0.4 is 0 Å². The average Bonchev–Trinajstić information content (AvgIpc) is 3.34. The van der Waals surface area contributed by atoms with Gasteiger partial charge in [0.1, 0.15) is 0 Å². The van der Waals surface area contributed by atoms with Crippen molar-refractivity contribution < 1.29 is 4.79 Å². The molecular weight excluding hydrogens is 326 g/mol. The minimum absolute atomic E-state index is 0.0371. The van der Waals surface area contributed by atoms with Gasteiger partial charge in [-0.15, -0.1) is 0 Å². The number of piperidine rings is 1. The molecule has 0 bridgehead atoms. The second-order valence-electron chi connectivity index (χ2n) is 6.94. The lowest BCUT2D eigenvalue weighted by atomic mass is 9.93. The summed E-state index contributed by atoms with van der Waals surface area (Å²) in [5.41, 5.74) is 2.37. The summed E-state index contributed by atoms with van der Waals surface area (Å²) in [6.45, 7) is 2.71. The van der Waals surface area contributed by atoms with Crippen LogP contribution in [0, 0.1) is 5.92 Å². The maximum atomic E-state index is 12.7. The van der Waals surface area contributed by atoms with E-state index in [2.05, 4.69) is 39.1 Å². The molecule has 0 aliphatic carbocycles. The molecular formula is C20H23N5O. The summed E-state index contributed by atoms with van der Waals surface area (Å²) in [6, 6.07) is 8.52. The Hall–Kier alpha value is -2.73.